The van der Waals surface area contributed by atoms with Crippen LogP contribution < -0.4 is 0 Å². The second-order valence-corrected chi connectivity index (χ2v) is 17.7. The largest absolute Gasteiger partial charge is 0.455 e. The number of benzene rings is 12. The van der Waals surface area contributed by atoms with Gasteiger partial charge in [0, 0.05) is 36.5 Å². The molecule has 0 radical (unpaired) electrons. The first-order chi connectivity index (χ1) is 30.7. The molecule has 0 bridgehead atoms. The zero-order valence-electron chi connectivity index (χ0n) is 33.4. The molecule has 0 aliphatic heterocycles. The average molecular weight is 803 g/mol. The van der Waals surface area contributed by atoms with Crippen LogP contribution in [0.25, 0.3) is 140 Å². The van der Waals surface area contributed by atoms with E-state index in [1.54, 1.807) is 0 Å². The SMILES string of the molecule is c1ccc2c(c1)oc1c(-c3ccc4c5cc(-c6ccc7c8ccccc8c8ccc(-c9cccc%10c9sc9ccccc9%10)cc8c7c6)ccc5c5ccccc5c4c3)cccc12. The molecular formula is C60H34OS. The zero-order chi connectivity index (χ0) is 40.5. The average Bonchev–Trinajstić information content (AvgIpc) is 3.92. The van der Waals surface area contributed by atoms with E-state index in [0.717, 1.165) is 33.1 Å². The van der Waals surface area contributed by atoms with Crippen molar-refractivity contribution >= 4 is 118 Å². The van der Waals surface area contributed by atoms with Crippen LogP contribution in [0.5, 0.6) is 0 Å². The van der Waals surface area contributed by atoms with Crippen LogP contribution >= 0.6 is 11.3 Å². The molecule has 0 spiro atoms. The Balaban J connectivity index is 0.977. The Morgan fingerprint density at radius 3 is 1.29 bits per heavy atom. The van der Waals surface area contributed by atoms with Gasteiger partial charge in [-0.05, 0) is 129 Å². The lowest BCUT2D eigenvalue weighted by Crippen LogP contribution is -1.88. The molecule has 0 saturated heterocycles. The predicted octanol–water partition coefficient (Wildman–Crippen LogP) is 17.9. The summed E-state index contributed by atoms with van der Waals surface area (Å²) in [6, 6.07) is 76.4. The summed E-state index contributed by atoms with van der Waals surface area (Å²) in [5, 5.41) is 20.2. The summed E-state index contributed by atoms with van der Waals surface area (Å²) < 4.78 is 9.18. The lowest BCUT2D eigenvalue weighted by Gasteiger charge is -2.15. The van der Waals surface area contributed by atoms with E-state index in [1.807, 2.05) is 17.4 Å². The summed E-state index contributed by atoms with van der Waals surface area (Å²) >= 11 is 1.89. The quantitative estimate of drug-likeness (QED) is 0.162. The molecule has 0 atom stereocenters. The van der Waals surface area contributed by atoms with E-state index in [1.165, 1.54) is 107 Å². The number of para-hydroxylation sites is 2. The summed E-state index contributed by atoms with van der Waals surface area (Å²) in [7, 11) is 0. The van der Waals surface area contributed by atoms with Crippen LogP contribution in [0.3, 0.4) is 0 Å². The minimum atomic E-state index is 0.917. The fourth-order valence-electron chi connectivity index (χ4n) is 10.6. The standard InChI is InChI=1S/C60H34OS/c1-2-12-42-41(11-1)46-28-24-36(32-55(46)56-34-38(26-29-47(42)56)40-18-10-20-52-50-16-6-8-22-58(50)62-60(40)52)35-23-27-45-43-13-3-4-14-44(43)54-33-37(25-30-48(54)53(45)31-35)39-17-9-19-51-49-15-5-7-21-57(49)61-59(39)51/h1-34H. The molecule has 12 aromatic carbocycles. The summed E-state index contributed by atoms with van der Waals surface area (Å²) in [5.41, 5.74) is 9.06. The van der Waals surface area contributed by atoms with E-state index >= 15 is 0 Å². The van der Waals surface area contributed by atoms with Crippen LogP contribution in [0.2, 0.25) is 0 Å². The summed E-state index contributed by atoms with van der Waals surface area (Å²) in [4.78, 5) is 0. The van der Waals surface area contributed by atoms with Gasteiger partial charge in [-0.15, -0.1) is 11.3 Å². The lowest BCUT2D eigenvalue weighted by molar-refractivity contribution is 0.670. The summed E-state index contributed by atoms with van der Waals surface area (Å²) in [5.74, 6) is 0. The molecule has 2 heterocycles. The van der Waals surface area contributed by atoms with Crippen molar-refractivity contribution in [3.8, 4) is 33.4 Å². The van der Waals surface area contributed by atoms with E-state index in [0.29, 0.717) is 0 Å². The van der Waals surface area contributed by atoms with Gasteiger partial charge in [-0.2, -0.15) is 0 Å². The first-order valence-corrected chi connectivity index (χ1v) is 22.1. The molecule has 0 aliphatic carbocycles. The van der Waals surface area contributed by atoms with Crippen molar-refractivity contribution in [2.45, 2.75) is 0 Å². The molecule has 0 fully saturated rings. The number of hydrogen-bond acceptors (Lipinski definition) is 2. The first kappa shape index (κ1) is 34.0. The normalized spacial score (nSPS) is 12.2. The van der Waals surface area contributed by atoms with Crippen LogP contribution in [0.1, 0.15) is 0 Å². The zero-order valence-corrected chi connectivity index (χ0v) is 34.3. The van der Waals surface area contributed by atoms with E-state index in [4.69, 9.17) is 4.42 Å². The number of rotatable bonds is 3. The monoisotopic (exact) mass is 802 g/mol. The highest BCUT2D eigenvalue weighted by Gasteiger charge is 2.17. The van der Waals surface area contributed by atoms with Crippen LogP contribution in [0.4, 0.5) is 0 Å². The molecule has 0 N–H and O–H groups in total. The number of hydrogen-bond donors (Lipinski definition) is 0. The molecule has 14 aromatic rings. The highest BCUT2D eigenvalue weighted by atomic mass is 32.1. The van der Waals surface area contributed by atoms with Gasteiger partial charge in [0.1, 0.15) is 11.2 Å². The Labute approximate surface area is 360 Å². The Bertz CT molecular complexity index is 4220. The third kappa shape index (κ3) is 4.84. The van der Waals surface area contributed by atoms with Crippen molar-refractivity contribution < 1.29 is 4.42 Å². The van der Waals surface area contributed by atoms with Crippen molar-refractivity contribution in [1.29, 1.82) is 0 Å². The maximum atomic E-state index is 6.51. The van der Waals surface area contributed by atoms with Gasteiger partial charge in [0.05, 0.1) is 0 Å². The highest BCUT2D eigenvalue weighted by Crippen LogP contribution is 2.45. The second-order valence-electron chi connectivity index (χ2n) is 16.7. The van der Waals surface area contributed by atoms with Crippen molar-refractivity contribution in [1.82, 2.24) is 0 Å². The number of furan rings is 1. The van der Waals surface area contributed by atoms with E-state index in [2.05, 4.69) is 200 Å². The molecule has 2 aromatic heterocycles. The van der Waals surface area contributed by atoms with Gasteiger partial charge in [0.25, 0.3) is 0 Å². The van der Waals surface area contributed by atoms with Crippen LogP contribution in [0.15, 0.2) is 211 Å². The van der Waals surface area contributed by atoms with Gasteiger partial charge in [-0.3, -0.25) is 0 Å². The molecule has 0 aliphatic rings. The van der Waals surface area contributed by atoms with Crippen LogP contribution in [0, 0.1) is 0 Å². The van der Waals surface area contributed by atoms with Crippen molar-refractivity contribution in [3.63, 3.8) is 0 Å². The maximum Gasteiger partial charge on any atom is 0.143 e. The highest BCUT2D eigenvalue weighted by molar-refractivity contribution is 7.26. The van der Waals surface area contributed by atoms with Gasteiger partial charge in [0.2, 0.25) is 0 Å². The Hall–Kier alpha value is -7.78. The minimum absolute atomic E-state index is 0.917. The van der Waals surface area contributed by atoms with E-state index < -0.39 is 0 Å². The number of fused-ring (bicyclic) bond motifs is 18. The summed E-state index contributed by atoms with van der Waals surface area (Å²) in [6.07, 6.45) is 0. The fraction of sp³-hybridized carbons (Fsp3) is 0. The van der Waals surface area contributed by atoms with Gasteiger partial charge in [-0.1, -0.05) is 170 Å². The van der Waals surface area contributed by atoms with Crippen molar-refractivity contribution in [3.05, 3.63) is 206 Å². The van der Waals surface area contributed by atoms with E-state index in [9.17, 15) is 0 Å². The predicted molar refractivity (Wildman–Crippen MR) is 268 cm³/mol. The van der Waals surface area contributed by atoms with Crippen molar-refractivity contribution in [2.75, 3.05) is 0 Å². The molecule has 1 nitrogen and oxygen atoms in total. The molecule has 2 heteroatoms. The summed E-state index contributed by atoms with van der Waals surface area (Å²) in [6.45, 7) is 0. The Morgan fingerprint density at radius 1 is 0.258 bits per heavy atom. The molecular weight excluding hydrogens is 769 g/mol. The smallest absolute Gasteiger partial charge is 0.143 e. The number of thiophene rings is 1. The second kappa shape index (κ2) is 12.9. The first-order valence-electron chi connectivity index (χ1n) is 21.3. The lowest BCUT2D eigenvalue weighted by atomic mass is 9.88. The maximum absolute atomic E-state index is 6.51. The molecule has 0 unspecified atom stereocenters. The van der Waals surface area contributed by atoms with Crippen molar-refractivity contribution in [2.24, 2.45) is 0 Å². The molecule has 14 rings (SSSR count). The molecule has 62 heavy (non-hydrogen) atoms. The van der Waals surface area contributed by atoms with Gasteiger partial charge in [-0.25, -0.2) is 0 Å². The minimum Gasteiger partial charge on any atom is -0.455 e. The van der Waals surface area contributed by atoms with Crippen LogP contribution in [-0.2, 0) is 0 Å². The van der Waals surface area contributed by atoms with Gasteiger partial charge < -0.3 is 4.42 Å². The topological polar surface area (TPSA) is 13.1 Å². The third-order valence-electron chi connectivity index (χ3n) is 13.4. The van der Waals surface area contributed by atoms with E-state index in [-0.39, 0.29) is 0 Å². The van der Waals surface area contributed by atoms with Gasteiger partial charge >= 0.3 is 0 Å². The molecule has 0 amide bonds. The molecule has 0 saturated carbocycles. The fourth-order valence-corrected chi connectivity index (χ4v) is 11.8. The Morgan fingerprint density at radius 2 is 0.661 bits per heavy atom. The Kier molecular flexibility index (Phi) is 7.05. The van der Waals surface area contributed by atoms with Crippen LogP contribution in [-0.4, -0.2) is 0 Å². The molecule has 286 valence electrons. The third-order valence-corrected chi connectivity index (χ3v) is 14.7. The van der Waals surface area contributed by atoms with Gasteiger partial charge in [0.15, 0.2) is 0 Å².